The first-order valence-electron chi connectivity index (χ1n) is 8.32. The molecule has 0 amide bonds. The van der Waals surface area contributed by atoms with Crippen molar-refractivity contribution >= 4 is 54.6 Å². The molecule has 4 aromatic heterocycles. The molecule has 0 aliphatic carbocycles. The Morgan fingerprint density at radius 1 is 0.963 bits per heavy atom. The van der Waals surface area contributed by atoms with Gasteiger partial charge in [-0.1, -0.05) is 6.07 Å². The molecular formula is C20H11N3O4. The number of aromatic amines is 2. The minimum atomic E-state index is -0.427. The monoisotopic (exact) mass is 357 g/mol. The zero-order valence-corrected chi connectivity index (χ0v) is 13.7. The number of hydrogen-bond donors (Lipinski definition) is 4. The van der Waals surface area contributed by atoms with Crippen molar-refractivity contribution in [3.05, 3.63) is 52.9 Å². The Bertz CT molecular complexity index is 1620. The number of phenolic OH excluding ortho intramolecular Hbond substituents is 1. The molecule has 0 aliphatic rings. The summed E-state index contributed by atoms with van der Waals surface area (Å²) in [5.41, 5.74) is 1.72. The number of benzene rings is 2. The molecule has 0 saturated carbocycles. The number of nitrogens with zero attached hydrogens (tertiary/aromatic N) is 1. The first kappa shape index (κ1) is 14.2. The predicted octanol–water partition coefficient (Wildman–Crippen LogP) is 3.87. The lowest BCUT2D eigenvalue weighted by atomic mass is 10.1. The van der Waals surface area contributed by atoms with Gasteiger partial charge in [-0.3, -0.25) is 9.78 Å². The van der Waals surface area contributed by atoms with Crippen LogP contribution in [0.3, 0.4) is 0 Å². The summed E-state index contributed by atoms with van der Waals surface area (Å²) in [5.74, 6) is -0.132. The maximum atomic E-state index is 12.7. The van der Waals surface area contributed by atoms with Crippen molar-refractivity contribution in [1.82, 2.24) is 15.0 Å². The maximum absolute atomic E-state index is 12.7. The zero-order chi connectivity index (χ0) is 18.3. The highest BCUT2D eigenvalue weighted by Gasteiger charge is 2.20. The van der Waals surface area contributed by atoms with E-state index in [4.69, 9.17) is 4.42 Å². The van der Waals surface area contributed by atoms with Gasteiger partial charge in [0.1, 0.15) is 11.3 Å². The lowest BCUT2D eigenvalue weighted by molar-refractivity contribution is 0.462. The van der Waals surface area contributed by atoms with Crippen LogP contribution in [0.15, 0.2) is 51.8 Å². The fraction of sp³-hybridized carbons (Fsp3) is 0. The quantitative estimate of drug-likeness (QED) is 0.329. The molecule has 4 N–H and O–H groups in total. The Hall–Kier alpha value is -4.00. The van der Waals surface area contributed by atoms with Gasteiger partial charge in [0.25, 0.3) is 5.56 Å². The van der Waals surface area contributed by atoms with Gasteiger partial charge in [-0.15, -0.1) is 0 Å². The van der Waals surface area contributed by atoms with Gasteiger partial charge in [0, 0.05) is 28.6 Å². The van der Waals surface area contributed by atoms with Gasteiger partial charge in [-0.05, 0) is 24.3 Å². The van der Waals surface area contributed by atoms with E-state index in [-0.39, 0.29) is 17.3 Å². The molecule has 7 heteroatoms. The summed E-state index contributed by atoms with van der Waals surface area (Å²) in [7, 11) is 0. The molecule has 0 bridgehead atoms. The summed E-state index contributed by atoms with van der Waals surface area (Å²) in [6, 6.07) is 10.3. The van der Waals surface area contributed by atoms with Crippen molar-refractivity contribution in [1.29, 1.82) is 0 Å². The average molecular weight is 357 g/mol. The Kier molecular flexibility index (Phi) is 2.41. The van der Waals surface area contributed by atoms with Crippen LogP contribution in [0.1, 0.15) is 0 Å². The number of aromatic hydroxyl groups is 2. The lowest BCUT2D eigenvalue weighted by Gasteiger charge is -1.98. The highest BCUT2D eigenvalue weighted by atomic mass is 16.3. The van der Waals surface area contributed by atoms with Crippen LogP contribution in [0.25, 0.3) is 54.6 Å². The number of fused-ring (bicyclic) bond motifs is 6. The normalized spacial score (nSPS) is 12.1. The van der Waals surface area contributed by atoms with Crippen LogP contribution in [-0.2, 0) is 0 Å². The molecule has 2 aromatic carbocycles. The van der Waals surface area contributed by atoms with E-state index in [9.17, 15) is 15.0 Å². The Morgan fingerprint density at radius 3 is 2.74 bits per heavy atom. The summed E-state index contributed by atoms with van der Waals surface area (Å²) < 4.78 is 6.11. The second-order valence-electron chi connectivity index (χ2n) is 6.53. The molecular weight excluding hydrogens is 346 g/mol. The molecule has 6 aromatic rings. The molecule has 0 atom stereocenters. The second-order valence-corrected chi connectivity index (χ2v) is 6.53. The molecule has 27 heavy (non-hydrogen) atoms. The molecule has 0 saturated heterocycles. The minimum Gasteiger partial charge on any atom is -0.508 e. The van der Waals surface area contributed by atoms with Gasteiger partial charge in [0.05, 0.1) is 27.1 Å². The highest BCUT2D eigenvalue weighted by Crippen LogP contribution is 2.39. The zero-order valence-electron chi connectivity index (χ0n) is 13.7. The van der Waals surface area contributed by atoms with E-state index < -0.39 is 5.56 Å². The molecule has 7 nitrogen and oxygen atoms in total. The summed E-state index contributed by atoms with van der Waals surface area (Å²) in [6.45, 7) is 0. The third kappa shape index (κ3) is 1.70. The SMILES string of the molecule is O=c1[nH]c(O)c2c3c[nH]c4cccc(oc5nc6cc(O)ccc6c5c12)c43. The number of H-pyrrole nitrogens is 2. The number of phenols is 1. The van der Waals surface area contributed by atoms with E-state index in [1.54, 1.807) is 12.3 Å². The minimum absolute atomic E-state index is 0.0704. The van der Waals surface area contributed by atoms with E-state index >= 15 is 0 Å². The molecule has 4 heterocycles. The molecule has 0 fully saturated rings. The van der Waals surface area contributed by atoms with Gasteiger partial charge in [0.15, 0.2) is 5.88 Å². The van der Waals surface area contributed by atoms with Crippen LogP contribution < -0.4 is 5.56 Å². The number of aromatic nitrogens is 3. The molecule has 0 radical (unpaired) electrons. The van der Waals surface area contributed by atoms with E-state index in [2.05, 4.69) is 15.0 Å². The average Bonchev–Trinajstić information content (AvgIpc) is 3.26. The third-order valence-electron chi connectivity index (χ3n) is 5.03. The highest BCUT2D eigenvalue weighted by molar-refractivity contribution is 6.26. The summed E-state index contributed by atoms with van der Waals surface area (Å²) in [6.07, 6.45) is 1.75. The fourth-order valence-electron chi connectivity index (χ4n) is 3.92. The topological polar surface area (TPSA) is 115 Å². The third-order valence-corrected chi connectivity index (χ3v) is 5.03. The van der Waals surface area contributed by atoms with Crippen LogP contribution in [-0.4, -0.2) is 25.2 Å². The smallest absolute Gasteiger partial charge is 0.259 e. The number of rotatable bonds is 0. The maximum Gasteiger partial charge on any atom is 0.259 e. The van der Waals surface area contributed by atoms with Gasteiger partial charge in [-0.25, -0.2) is 4.98 Å². The van der Waals surface area contributed by atoms with Crippen molar-refractivity contribution in [2.45, 2.75) is 0 Å². The summed E-state index contributed by atoms with van der Waals surface area (Å²) in [4.78, 5) is 22.9. The van der Waals surface area contributed by atoms with Gasteiger partial charge >= 0.3 is 0 Å². The van der Waals surface area contributed by atoms with Gasteiger partial charge < -0.3 is 19.6 Å². The first-order chi connectivity index (χ1) is 13.1. The first-order valence-corrected chi connectivity index (χ1v) is 8.32. The predicted molar refractivity (Wildman–Crippen MR) is 102 cm³/mol. The summed E-state index contributed by atoms with van der Waals surface area (Å²) in [5, 5.41) is 23.6. The Labute approximate surface area is 149 Å². The Morgan fingerprint density at radius 2 is 1.85 bits per heavy atom. The molecule has 0 spiro atoms. The van der Waals surface area contributed by atoms with Crippen LogP contribution in [0.5, 0.6) is 11.6 Å². The molecule has 0 unspecified atom stereocenters. The molecule has 6 rings (SSSR count). The van der Waals surface area contributed by atoms with Gasteiger partial charge in [0.2, 0.25) is 5.71 Å². The standard InChI is InChI=1S/C20H11N3O4/c24-8-4-5-9-12(6-8)22-20-16(9)17-15(18(25)23-19(17)26)10-7-21-11-2-1-3-13(27-20)14(10)11/h1-7,21,24-25H,(H,23,26). The Balaban J connectivity index is 2.09. The van der Waals surface area contributed by atoms with E-state index in [1.807, 2.05) is 18.2 Å². The van der Waals surface area contributed by atoms with E-state index in [0.29, 0.717) is 38.0 Å². The van der Waals surface area contributed by atoms with Crippen molar-refractivity contribution in [3.63, 3.8) is 0 Å². The van der Waals surface area contributed by atoms with Crippen molar-refractivity contribution in [3.8, 4) is 11.6 Å². The van der Waals surface area contributed by atoms with Crippen LogP contribution in [0.4, 0.5) is 0 Å². The molecule has 0 aliphatic heterocycles. The van der Waals surface area contributed by atoms with Crippen LogP contribution in [0.2, 0.25) is 0 Å². The number of nitrogens with one attached hydrogen (secondary N) is 2. The fourth-order valence-corrected chi connectivity index (χ4v) is 3.92. The van der Waals surface area contributed by atoms with Crippen molar-refractivity contribution in [2.24, 2.45) is 0 Å². The molecule has 130 valence electrons. The summed E-state index contributed by atoms with van der Waals surface area (Å²) >= 11 is 0. The van der Waals surface area contributed by atoms with E-state index in [0.717, 1.165) is 10.9 Å². The van der Waals surface area contributed by atoms with Gasteiger partial charge in [-0.2, -0.15) is 0 Å². The van der Waals surface area contributed by atoms with E-state index in [1.165, 1.54) is 12.1 Å². The largest absolute Gasteiger partial charge is 0.508 e. The van der Waals surface area contributed by atoms with Crippen molar-refractivity contribution in [2.75, 3.05) is 0 Å². The second kappa shape index (κ2) is 4.59. The van der Waals surface area contributed by atoms with Crippen LogP contribution >= 0.6 is 0 Å². The number of hydrogen-bond acceptors (Lipinski definition) is 5. The van der Waals surface area contributed by atoms with Crippen molar-refractivity contribution < 1.29 is 14.6 Å². The van der Waals surface area contributed by atoms with Crippen LogP contribution in [0, 0.1) is 0 Å². The lowest BCUT2D eigenvalue weighted by Crippen LogP contribution is -1.96.